The summed E-state index contributed by atoms with van der Waals surface area (Å²) in [4.78, 5) is 24.7. The van der Waals surface area contributed by atoms with Crippen LogP contribution in [0.4, 0.5) is 0 Å². The summed E-state index contributed by atoms with van der Waals surface area (Å²) in [7, 11) is 2.05. The van der Waals surface area contributed by atoms with Crippen molar-refractivity contribution in [3.63, 3.8) is 0 Å². The Bertz CT molecular complexity index is 469. The minimum Gasteiger partial charge on any atom is -0.478 e. The molecule has 1 unspecified atom stereocenters. The lowest BCUT2D eigenvalue weighted by atomic mass is 10.0. The van der Waals surface area contributed by atoms with Gasteiger partial charge in [-0.25, -0.2) is 4.79 Å². The fraction of sp³-hybridized carbons (Fsp3) is 0.538. The number of likely N-dealkylation sites (tertiary alicyclic amines) is 1. The van der Waals surface area contributed by atoms with Crippen molar-refractivity contribution >= 4 is 11.9 Å². The SMILES string of the molecule is CN1CCCCC1CNC(=O)c1cc(C(=O)O)co1. The van der Waals surface area contributed by atoms with Crippen LogP contribution in [0.5, 0.6) is 0 Å². The third-order valence-corrected chi connectivity index (χ3v) is 3.49. The molecule has 104 valence electrons. The molecule has 1 fully saturated rings. The van der Waals surface area contributed by atoms with Gasteiger partial charge in [0.25, 0.3) is 5.91 Å². The molecule has 1 aromatic rings. The molecular formula is C13H18N2O4. The number of likely N-dealkylation sites (N-methyl/N-ethyl adjacent to an activating group) is 1. The minimum atomic E-state index is -1.10. The maximum Gasteiger partial charge on any atom is 0.338 e. The summed E-state index contributed by atoms with van der Waals surface area (Å²) in [5.74, 6) is -1.43. The number of amides is 1. The number of furan rings is 1. The predicted molar refractivity (Wildman–Crippen MR) is 68.3 cm³/mol. The van der Waals surface area contributed by atoms with Crippen molar-refractivity contribution in [3.05, 3.63) is 23.7 Å². The van der Waals surface area contributed by atoms with Crippen LogP contribution in [-0.2, 0) is 0 Å². The average Bonchev–Trinajstić information content (AvgIpc) is 2.87. The molecule has 0 aromatic carbocycles. The number of hydrogen-bond acceptors (Lipinski definition) is 4. The van der Waals surface area contributed by atoms with Gasteiger partial charge in [0.15, 0.2) is 5.76 Å². The Hall–Kier alpha value is -1.82. The van der Waals surface area contributed by atoms with Crippen LogP contribution in [0.25, 0.3) is 0 Å². The molecule has 0 radical (unpaired) electrons. The lowest BCUT2D eigenvalue weighted by molar-refractivity contribution is 0.0695. The number of aromatic carboxylic acids is 1. The van der Waals surface area contributed by atoms with Crippen LogP contribution in [0.15, 0.2) is 16.7 Å². The van der Waals surface area contributed by atoms with Crippen LogP contribution in [0, 0.1) is 0 Å². The van der Waals surface area contributed by atoms with E-state index in [1.807, 2.05) is 7.05 Å². The number of rotatable bonds is 4. The minimum absolute atomic E-state index is 0.0139. The summed E-state index contributed by atoms with van der Waals surface area (Å²) in [5, 5.41) is 11.5. The Labute approximate surface area is 111 Å². The van der Waals surface area contributed by atoms with Gasteiger partial charge >= 0.3 is 5.97 Å². The van der Waals surface area contributed by atoms with Crippen LogP contribution in [0.3, 0.4) is 0 Å². The molecule has 6 heteroatoms. The maximum atomic E-state index is 11.8. The first-order valence-electron chi connectivity index (χ1n) is 6.38. The third-order valence-electron chi connectivity index (χ3n) is 3.49. The second kappa shape index (κ2) is 5.88. The number of carbonyl (C=O) groups is 2. The molecule has 2 N–H and O–H groups in total. The Morgan fingerprint density at radius 2 is 2.32 bits per heavy atom. The summed E-state index contributed by atoms with van der Waals surface area (Å²) in [6, 6.07) is 1.58. The molecule has 1 atom stereocenters. The molecule has 19 heavy (non-hydrogen) atoms. The van der Waals surface area contributed by atoms with Crippen molar-refractivity contribution < 1.29 is 19.1 Å². The highest BCUT2D eigenvalue weighted by Gasteiger charge is 2.20. The van der Waals surface area contributed by atoms with Crippen LogP contribution < -0.4 is 5.32 Å². The van der Waals surface area contributed by atoms with Gasteiger partial charge in [0.05, 0.1) is 5.56 Å². The van der Waals surface area contributed by atoms with Gasteiger partial charge in [-0.2, -0.15) is 0 Å². The lowest BCUT2D eigenvalue weighted by Crippen LogP contribution is -2.44. The van der Waals surface area contributed by atoms with Gasteiger partial charge in [0.1, 0.15) is 6.26 Å². The van der Waals surface area contributed by atoms with E-state index in [9.17, 15) is 9.59 Å². The number of carboxylic acid groups (broad SMARTS) is 1. The number of nitrogens with zero attached hydrogens (tertiary/aromatic N) is 1. The molecule has 2 rings (SSSR count). The highest BCUT2D eigenvalue weighted by atomic mass is 16.4. The summed E-state index contributed by atoms with van der Waals surface area (Å²) in [6.07, 6.45) is 4.51. The first-order chi connectivity index (χ1) is 9.08. The number of piperidine rings is 1. The Balaban J connectivity index is 1.88. The smallest absolute Gasteiger partial charge is 0.338 e. The van der Waals surface area contributed by atoms with E-state index in [1.54, 1.807) is 0 Å². The molecule has 2 heterocycles. The average molecular weight is 266 g/mol. The van der Waals surface area contributed by atoms with Crippen molar-refractivity contribution in [1.29, 1.82) is 0 Å². The van der Waals surface area contributed by atoms with Crippen LogP contribution in [-0.4, -0.2) is 48.1 Å². The molecule has 1 aliphatic heterocycles. The first-order valence-corrected chi connectivity index (χ1v) is 6.38. The molecule has 0 spiro atoms. The van der Waals surface area contributed by atoms with Crippen molar-refractivity contribution in [3.8, 4) is 0 Å². The van der Waals surface area contributed by atoms with Gasteiger partial charge in [-0.15, -0.1) is 0 Å². The molecule has 1 saturated heterocycles. The quantitative estimate of drug-likeness (QED) is 0.855. The number of nitrogens with one attached hydrogen (secondary N) is 1. The molecule has 1 amide bonds. The van der Waals surface area contributed by atoms with Gasteiger partial charge in [0, 0.05) is 18.7 Å². The van der Waals surface area contributed by atoms with E-state index < -0.39 is 5.97 Å². The van der Waals surface area contributed by atoms with Crippen molar-refractivity contribution in [1.82, 2.24) is 10.2 Å². The monoisotopic (exact) mass is 266 g/mol. The van der Waals surface area contributed by atoms with Gasteiger partial charge in [-0.3, -0.25) is 4.79 Å². The highest BCUT2D eigenvalue weighted by Crippen LogP contribution is 2.14. The van der Waals surface area contributed by atoms with Gasteiger partial charge < -0.3 is 19.7 Å². The summed E-state index contributed by atoms with van der Waals surface area (Å²) in [6.45, 7) is 1.60. The number of carbonyl (C=O) groups excluding carboxylic acids is 1. The summed E-state index contributed by atoms with van der Waals surface area (Å²) >= 11 is 0. The fourth-order valence-electron chi connectivity index (χ4n) is 2.27. The Morgan fingerprint density at radius 3 is 2.95 bits per heavy atom. The normalized spacial score (nSPS) is 20.2. The molecule has 0 aliphatic carbocycles. The van der Waals surface area contributed by atoms with E-state index in [4.69, 9.17) is 9.52 Å². The standard InChI is InChI=1S/C13H18N2O4/c1-15-5-3-2-4-10(15)7-14-12(16)11-6-9(8-19-11)13(17)18/h6,8,10H,2-5,7H2,1H3,(H,14,16)(H,17,18). The Kier molecular flexibility index (Phi) is 4.21. The van der Waals surface area contributed by atoms with Crippen molar-refractivity contribution in [2.24, 2.45) is 0 Å². The van der Waals surface area contributed by atoms with E-state index in [-0.39, 0.29) is 17.2 Å². The van der Waals surface area contributed by atoms with Gasteiger partial charge in [-0.05, 0) is 26.4 Å². The van der Waals surface area contributed by atoms with Crippen LogP contribution >= 0.6 is 0 Å². The van der Waals surface area contributed by atoms with E-state index >= 15 is 0 Å². The van der Waals surface area contributed by atoms with E-state index in [2.05, 4.69) is 10.2 Å². The lowest BCUT2D eigenvalue weighted by Gasteiger charge is -2.32. The molecule has 0 bridgehead atoms. The second-order valence-corrected chi connectivity index (χ2v) is 4.85. The van der Waals surface area contributed by atoms with Gasteiger partial charge in [0.2, 0.25) is 0 Å². The van der Waals surface area contributed by atoms with Gasteiger partial charge in [-0.1, -0.05) is 6.42 Å². The topological polar surface area (TPSA) is 82.8 Å². The first kappa shape index (κ1) is 13.6. The summed E-state index contributed by atoms with van der Waals surface area (Å²) in [5.41, 5.74) is -0.0139. The molecule has 0 saturated carbocycles. The largest absolute Gasteiger partial charge is 0.478 e. The summed E-state index contributed by atoms with van der Waals surface area (Å²) < 4.78 is 4.95. The molecular weight excluding hydrogens is 248 g/mol. The van der Waals surface area contributed by atoms with Crippen molar-refractivity contribution in [2.75, 3.05) is 20.1 Å². The number of carboxylic acids is 1. The van der Waals surface area contributed by atoms with Crippen molar-refractivity contribution in [2.45, 2.75) is 25.3 Å². The number of hydrogen-bond donors (Lipinski definition) is 2. The zero-order valence-electron chi connectivity index (χ0n) is 10.9. The molecule has 1 aromatic heterocycles. The van der Waals surface area contributed by atoms with Crippen LogP contribution in [0.2, 0.25) is 0 Å². The maximum absolute atomic E-state index is 11.8. The van der Waals surface area contributed by atoms with E-state index in [1.165, 1.54) is 18.9 Å². The predicted octanol–water partition coefficient (Wildman–Crippen LogP) is 1.19. The highest BCUT2D eigenvalue weighted by molar-refractivity contribution is 5.95. The third kappa shape index (κ3) is 3.35. The Morgan fingerprint density at radius 1 is 1.53 bits per heavy atom. The zero-order chi connectivity index (χ0) is 13.8. The van der Waals surface area contributed by atoms with E-state index in [0.29, 0.717) is 12.6 Å². The van der Waals surface area contributed by atoms with Crippen LogP contribution in [0.1, 0.15) is 40.2 Å². The fourth-order valence-corrected chi connectivity index (χ4v) is 2.27. The van der Waals surface area contributed by atoms with E-state index in [0.717, 1.165) is 19.2 Å². The zero-order valence-corrected chi connectivity index (χ0v) is 10.9. The second-order valence-electron chi connectivity index (χ2n) is 4.85. The molecule has 1 aliphatic rings. The molecule has 6 nitrogen and oxygen atoms in total.